The quantitative estimate of drug-likeness (QED) is 0.758. The number of methoxy groups -OCH3 is 1. The summed E-state index contributed by atoms with van der Waals surface area (Å²) in [5.74, 6) is 0.603. The largest absolute Gasteiger partial charge is 0.495 e. The number of hydrogen-bond donors (Lipinski definition) is 1. The van der Waals surface area contributed by atoms with Gasteiger partial charge in [-0.25, -0.2) is 0 Å². The van der Waals surface area contributed by atoms with Gasteiger partial charge in [-0.05, 0) is 43.0 Å². The Morgan fingerprint density at radius 3 is 2.83 bits per heavy atom. The van der Waals surface area contributed by atoms with Crippen molar-refractivity contribution in [2.24, 2.45) is 0 Å². The Balaban J connectivity index is 1.39. The summed E-state index contributed by atoms with van der Waals surface area (Å²) in [6, 6.07) is 15.9. The van der Waals surface area contributed by atoms with Crippen molar-refractivity contribution in [3.63, 3.8) is 0 Å². The van der Waals surface area contributed by atoms with E-state index >= 15 is 0 Å². The van der Waals surface area contributed by atoms with Crippen LogP contribution in [0.1, 0.15) is 24.0 Å². The van der Waals surface area contributed by atoms with Crippen molar-refractivity contribution in [1.82, 2.24) is 4.90 Å². The van der Waals surface area contributed by atoms with Crippen LogP contribution in [0.5, 0.6) is 5.75 Å². The van der Waals surface area contributed by atoms with Crippen LogP contribution < -0.4 is 10.1 Å². The van der Waals surface area contributed by atoms with Gasteiger partial charge in [0, 0.05) is 19.7 Å². The molecule has 6 heteroatoms. The second-order valence-corrected chi connectivity index (χ2v) is 8.22. The van der Waals surface area contributed by atoms with Crippen LogP contribution in [0.2, 0.25) is 0 Å². The second-order valence-electron chi connectivity index (χ2n) is 8.22. The van der Waals surface area contributed by atoms with Crippen LogP contribution in [0.3, 0.4) is 0 Å². The van der Waals surface area contributed by atoms with Crippen molar-refractivity contribution >= 4 is 11.6 Å². The van der Waals surface area contributed by atoms with Gasteiger partial charge in [0.25, 0.3) is 0 Å². The van der Waals surface area contributed by atoms with E-state index in [1.807, 2.05) is 43.3 Å². The molecule has 1 amide bonds. The first-order chi connectivity index (χ1) is 14.6. The van der Waals surface area contributed by atoms with Crippen molar-refractivity contribution in [3.05, 3.63) is 59.7 Å². The Morgan fingerprint density at radius 2 is 2.10 bits per heavy atom. The predicted octanol–water partition coefficient (Wildman–Crippen LogP) is 3.39. The monoisotopic (exact) mass is 410 g/mol. The Morgan fingerprint density at radius 1 is 1.27 bits per heavy atom. The molecular weight excluding hydrogens is 380 g/mol. The summed E-state index contributed by atoms with van der Waals surface area (Å²) >= 11 is 0. The Labute approximate surface area is 178 Å². The SMILES string of the molecule is COc1ccc(C)cc1NC(=O)CN1C[C@H](OCc2ccccc2)[C@]2(CCCO2)C1. The number of carbonyl (C=O) groups is 1. The molecule has 2 aromatic carbocycles. The molecule has 2 aromatic rings. The molecule has 2 aliphatic heterocycles. The normalized spacial score (nSPS) is 23.7. The lowest BCUT2D eigenvalue weighted by molar-refractivity contribution is -0.117. The van der Waals surface area contributed by atoms with E-state index in [9.17, 15) is 4.79 Å². The van der Waals surface area contributed by atoms with Crippen LogP contribution in [-0.2, 0) is 20.9 Å². The first kappa shape index (κ1) is 20.8. The molecular formula is C24H30N2O4. The van der Waals surface area contributed by atoms with Crippen molar-refractivity contribution in [2.75, 3.05) is 38.7 Å². The molecule has 1 N–H and O–H groups in total. The van der Waals surface area contributed by atoms with Crippen LogP contribution in [0.25, 0.3) is 0 Å². The van der Waals surface area contributed by atoms with Crippen LogP contribution in [0.15, 0.2) is 48.5 Å². The maximum atomic E-state index is 12.7. The van der Waals surface area contributed by atoms with Gasteiger partial charge in [-0.2, -0.15) is 0 Å². The molecule has 2 aliphatic rings. The van der Waals surface area contributed by atoms with E-state index in [1.54, 1.807) is 7.11 Å². The van der Waals surface area contributed by atoms with Gasteiger partial charge < -0.3 is 19.5 Å². The van der Waals surface area contributed by atoms with E-state index in [0.717, 1.165) is 30.6 Å². The number of nitrogens with one attached hydrogen (secondary N) is 1. The topological polar surface area (TPSA) is 60.0 Å². The highest BCUT2D eigenvalue weighted by Crippen LogP contribution is 2.37. The van der Waals surface area contributed by atoms with E-state index in [1.165, 1.54) is 0 Å². The van der Waals surface area contributed by atoms with Crippen LogP contribution >= 0.6 is 0 Å². The number of hydrogen-bond acceptors (Lipinski definition) is 5. The van der Waals surface area contributed by atoms with Gasteiger partial charge in [0.2, 0.25) is 5.91 Å². The highest BCUT2D eigenvalue weighted by molar-refractivity contribution is 5.93. The van der Waals surface area contributed by atoms with Gasteiger partial charge in [0.05, 0.1) is 25.9 Å². The van der Waals surface area contributed by atoms with E-state index in [-0.39, 0.29) is 17.6 Å². The molecule has 4 rings (SSSR count). The summed E-state index contributed by atoms with van der Waals surface area (Å²) < 4.78 is 17.8. The van der Waals surface area contributed by atoms with E-state index in [2.05, 4.69) is 22.3 Å². The van der Waals surface area contributed by atoms with Crippen LogP contribution in [0.4, 0.5) is 5.69 Å². The van der Waals surface area contributed by atoms with Gasteiger partial charge in [0.15, 0.2) is 0 Å². The third-order valence-electron chi connectivity index (χ3n) is 5.93. The maximum Gasteiger partial charge on any atom is 0.238 e. The zero-order chi connectivity index (χ0) is 21.0. The van der Waals surface area contributed by atoms with Gasteiger partial charge in [-0.3, -0.25) is 9.69 Å². The lowest BCUT2D eigenvalue weighted by atomic mass is 9.96. The number of aryl methyl sites for hydroxylation is 1. The lowest BCUT2D eigenvalue weighted by Gasteiger charge is -2.29. The molecule has 2 fully saturated rings. The van der Waals surface area contributed by atoms with Gasteiger partial charge >= 0.3 is 0 Å². The molecule has 2 saturated heterocycles. The molecule has 0 saturated carbocycles. The molecule has 0 aliphatic carbocycles. The van der Waals surface area contributed by atoms with E-state index in [4.69, 9.17) is 14.2 Å². The lowest BCUT2D eigenvalue weighted by Crippen LogP contribution is -2.42. The van der Waals surface area contributed by atoms with Gasteiger partial charge in [0.1, 0.15) is 17.5 Å². The van der Waals surface area contributed by atoms with Gasteiger partial charge in [-0.1, -0.05) is 36.4 Å². The van der Waals surface area contributed by atoms with Crippen molar-refractivity contribution < 1.29 is 19.0 Å². The Bertz CT molecular complexity index is 865. The minimum atomic E-state index is -0.309. The fourth-order valence-electron chi connectivity index (χ4n) is 4.45. The van der Waals surface area contributed by atoms with Gasteiger partial charge in [-0.15, -0.1) is 0 Å². The number of ether oxygens (including phenoxy) is 3. The summed E-state index contributed by atoms with van der Waals surface area (Å²) in [4.78, 5) is 14.9. The zero-order valence-corrected chi connectivity index (χ0v) is 17.7. The first-order valence-corrected chi connectivity index (χ1v) is 10.5. The third kappa shape index (κ3) is 4.67. The third-order valence-corrected chi connectivity index (χ3v) is 5.93. The first-order valence-electron chi connectivity index (χ1n) is 10.5. The van der Waals surface area contributed by atoms with E-state index in [0.29, 0.717) is 37.7 Å². The average Bonchev–Trinajstić information content (AvgIpc) is 3.34. The van der Waals surface area contributed by atoms with Crippen molar-refractivity contribution in [2.45, 2.75) is 38.1 Å². The summed E-state index contributed by atoms with van der Waals surface area (Å²) in [6.45, 7) is 5.00. The fraction of sp³-hybridized carbons (Fsp3) is 0.458. The summed E-state index contributed by atoms with van der Waals surface area (Å²) in [5.41, 5.74) is 2.61. The summed E-state index contributed by atoms with van der Waals surface area (Å²) in [6.07, 6.45) is 1.96. The Kier molecular flexibility index (Phi) is 6.37. The molecule has 0 aromatic heterocycles. The number of benzene rings is 2. The Hall–Kier alpha value is -2.41. The summed E-state index contributed by atoms with van der Waals surface area (Å²) in [7, 11) is 1.61. The molecule has 0 radical (unpaired) electrons. The number of rotatable bonds is 7. The maximum absolute atomic E-state index is 12.7. The molecule has 2 atom stereocenters. The minimum absolute atomic E-state index is 0.0403. The summed E-state index contributed by atoms with van der Waals surface area (Å²) in [5, 5.41) is 2.99. The number of nitrogens with zero attached hydrogens (tertiary/aromatic N) is 1. The van der Waals surface area contributed by atoms with Crippen molar-refractivity contribution in [1.29, 1.82) is 0 Å². The number of amides is 1. The number of carbonyl (C=O) groups excluding carboxylic acids is 1. The van der Waals surface area contributed by atoms with Crippen LogP contribution in [-0.4, -0.2) is 55.9 Å². The molecule has 30 heavy (non-hydrogen) atoms. The molecule has 0 bridgehead atoms. The number of anilines is 1. The number of likely N-dealkylation sites (tertiary alicyclic amines) is 1. The smallest absolute Gasteiger partial charge is 0.238 e. The molecule has 6 nitrogen and oxygen atoms in total. The minimum Gasteiger partial charge on any atom is -0.495 e. The molecule has 160 valence electrons. The fourth-order valence-corrected chi connectivity index (χ4v) is 4.45. The highest BCUT2D eigenvalue weighted by Gasteiger charge is 2.50. The second kappa shape index (κ2) is 9.16. The zero-order valence-electron chi connectivity index (χ0n) is 17.7. The average molecular weight is 411 g/mol. The molecule has 1 spiro atoms. The standard InChI is InChI=1S/C24H30N2O4/c1-18-9-10-21(28-2)20(13-18)25-23(27)15-26-14-22(24(17-26)11-6-12-30-24)29-16-19-7-4-3-5-8-19/h3-5,7-10,13,22H,6,11-12,14-17H2,1-2H3,(H,25,27)/t22-,24-/m0/s1. The van der Waals surface area contributed by atoms with Crippen LogP contribution in [0, 0.1) is 6.92 Å². The highest BCUT2D eigenvalue weighted by atomic mass is 16.6. The van der Waals surface area contributed by atoms with Crippen molar-refractivity contribution in [3.8, 4) is 5.75 Å². The van der Waals surface area contributed by atoms with E-state index < -0.39 is 0 Å². The molecule has 0 unspecified atom stereocenters. The molecule has 2 heterocycles. The predicted molar refractivity (Wildman–Crippen MR) is 116 cm³/mol.